The highest BCUT2D eigenvalue weighted by atomic mass is 127. The van der Waals surface area contributed by atoms with Crippen LogP contribution in [0.4, 0.5) is 13.2 Å². The first-order chi connectivity index (χ1) is 14.8. The molecule has 1 aliphatic rings. The van der Waals surface area contributed by atoms with Crippen LogP contribution >= 0.6 is 24.0 Å². The van der Waals surface area contributed by atoms with Gasteiger partial charge in [0.1, 0.15) is 0 Å². The van der Waals surface area contributed by atoms with Gasteiger partial charge in [-0.05, 0) is 35.2 Å². The molecular formula is C23H28F3IN4O. The lowest BCUT2D eigenvalue weighted by molar-refractivity contribution is -0.137. The van der Waals surface area contributed by atoms with Crippen molar-refractivity contribution in [2.24, 2.45) is 4.99 Å². The fourth-order valence-electron chi connectivity index (χ4n) is 3.57. The van der Waals surface area contributed by atoms with Gasteiger partial charge in [0.2, 0.25) is 5.91 Å². The van der Waals surface area contributed by atoms with Crippen molar-refractivity contribution in [2.45, 2.75) is 38.7 Å². The summed E-state index contributed by atoms with van der Waals surface area (Å²) in [6.07, 6.45) is -2.76. The molecule has 1 aliphatic heterocycles. The second-order valence-corrected chi connectivity index (χ2v) is 7.69. The molecule has 5 nitrogen and oxygen atoms in total. The van der Waals surface area contributed by atoms with E-state index in [1.807, 2.05) is 41.1 Å². The first-order valence-electron chi connectivity index (χ1n) is 10.2. The maximum absolute atomic E-state index is 12.7. The molecular weight excluding hydrogens is 532 g/mol. The van der Waals surface area contributed by atoms with Gasteiger partial charge in [-0.1, -0.05) is 36.4 Å². The van der Waals surface area contributed by atoms with Crippen molar-refractivity contribution >= 4 is 35.8 Å². The Morgan fingerprint density at radius 1 is 1.06 bits per heavy atom. The summed E-state index contributed by atoms with van der Waals surface area (Å²) in [5, 5.41) is 3.27. The molecule has 1 fully saturated rings. The second kappa shape index (κ2) is 11.5. The van der Waals surface area contributed by atoms with E-state index in [4.69, 9.17) is 0 Å². The Hall–Kier alpha value is -2.30. The number of benzene rings is 2. The number of amides is 1. The zero-order chi connectivity index (χ0) is 22.4. The van der Waals surface area contributed by atoms with Gasteiger partial charge in [0, 0.05) is 46.7 Å². The molecule has 0 aliphatic carbocycles. The standard InChI is InChI=1S/C23H27F3N4O.HI/c1-27-22(29(2)15-18-9-11-20(12-10-18)23(24,25)26)28-14-17-5-7-19(8-6-17)16-30-13-3-4-21(30)31;/h5-12H,3-4,13-16H2,1-2H3,(H,27,28);1H. The van der Waals surface area contributed by atoms with Crippen molar-refractivity contribution in [1.29, 1.82) is 0 Å². The lowest BCUT2D eigenvalue weighted by Crippen LogP contribution is -2.38. The molecule has 0 radical (unpaired) electrons. The average Bonchev–Trinajstić information content (AvgIpc) is 3.14. The fourth-order valence-corrected chi connectivity index (χ4v) is 3.57. The van der Waals surface area contributed by atoms with Crippen molar-refractivity contribution in [1.82, 2.24) is 15.1 Å². The summed E-state index contributed by atoms with van der Waals surface area (Å²) in [6, 6.07) is 13.2. The smallest absolute Gasteiger partial charge is 0.352 e. The van der Waals surface area contributed by atoms with E-state index in [9.17, 15) is 18.0 Å². The summed E-state index contributed by atoms with van der Waals surface area (Å²) < 4.78 is 38.1. The molecule has 1 saturated heterocycles. The van der Waals surface area contributed by atoms with Crippen LogP contribution in [0.2, 0.25) is 0 Å². The van der Waals surface area contributed by atoms with Crippen molar-refractivity contribution in [3.63, 3.8) is 0 Å². The highest BCUT2D eigenvalue weighted by Gasteiger charge is 2.30. The van der Waals surface area contributed by atoms with E-state index in [-0.39, 0.29) is 29.9 Å². The first kappa shape index (κ1) is 26.0. The summed E-state index contributed by atoms with van der Waals surface area (Å²) >= 11 is 0. The summed E-state index contributed by atoms with van der Waals surface area (Å²) in [6.45, 7) is 2.46. The van der Waals surface area contributed by atoms with E-state index in [2.05, 4.69) is 10.3 Å². The molecule has 1 N–H and O–H groups in total. The number of carbonyl (C=O) groups is 1. The van der Waals surface area contributed by atoms with E-state index in [0.717, 1.165) is 41.8 Å². The van der Waals surface area contributed by atoms with Crippen LogP contribution < -0.4 is 5.32 Å². The Balaban J connectivity index is 0.00000363. The monoisotopic (exact) mass is 560 g/mol. The molecule has 2 aromatic carbocycles. The van der Waals surface area contributed by atoms with Gasteiger partial charge >= 0.3 is 6.18 Å². The van der Waals surface area contributed by atoms with Crippen LogP contribution in [0.15, 0.2) is 53.5 Å². The molecule has 174 valence electrons. The largest absolute Gasteiger partial charge is 0.416 e. The van der Waals surface area contributed by atoms with Gasteiger partial charge in [0.15, 0.2) is 5.96 Å². The molecule has 2 aromatic rings. The topological polar surface area (TPSA) is 47.9 Å². The number of aliphatic imine (C=N–C) groups is 1. The van der Waals surface area contributed by atoms with E-state index >= 15 is 0 Å². The molecule has 3 rings (SSSR count). The molecule has 0 bridgehead atoms. The van der Waals surface area contributed by atoms with E-state index in [0.29, 0.717) is 32.0 Å². The number of carbonyl (C=O) groups excluding carboxylic acids is 1. The van der Waals surface area contributed by atoms with Gasteiger partial charge in [0.05, 0.1) is 5.56 Å². The second-order valence-electron chi connectivity index (χ2n) is 7.69. The minimum Gasteiger partial charge on any atom is -0.352 e. The Kier molecular flexibility index (Phi) is 9.35. The van der Waals surface area contributed by atoms with Crippen molar-refractivity contribution < 1.29 is 18.0 Å². The van der Waals surface area contributed by atoms with Crippen LogP contribution in [0.5, 0.6) is 0 Å². The number of alkyl halides is 3. The predicted molar refractivity (Wildman–Crippen MR) is 130 cm³/mol. The van der Waals surface area contributed by atoms with Gasteiger partial charge < -0.3 is 15.1 Å². The Morgan fingerprint density at radius 3 is 2.19 bits per heavy atom. The SMILES string of the molecule is CN=C(NCc1ccc(CN2CCCC2=O)cc1)N(C)Cc1ccc(C(F)(F)F)cc1.I. The number of halogens is 4. The molecule has 0 saturated carbocycles. The quantitative estimate of drug-likeness (QED) is 0.318. The molecule has 0 aromatic heterocycles. The van der Waals surface area contributed by atoms with Crippen molar-refractivity contribution in [3.05, 3.63) is 70.8 Å². The van der Waals surface area contributed by atoms with Gasteiger partial charge in [0.25, 0.3) is 0 Å². The summed E-state index contributed by atoms with van der Waals surface area (Å²) in [7, 11) is 3.50. The van der Waals surface area contributed by atoms with Gasteiger partial charge in [-0.25, -0.2) is 0 Å². The minimum absolute atomic E-state index is 0. The molecule has 32 heavy (non-hydrogen) atoms. The van der Waals surface area contributed by atoms with Crippen molar-refractivity contribution in [2.75, 3.05) is 20.6 Å². The zero-order valence-electron chi connectivity index (χ0n) is 18.2. The third-order valence-corrected chi connectivity index (χ3v) is 5.29. The molecule has 1 heterocycles. The number of hydrogen-bond donors (Lipinski definition) is 1. The first-order valence-corrected chi connectivity index (χ1v) is 10.2. The van der Waals surface area contributed by atoms with Crippen molar-refractivity contribution in [3.8, 4) is 0 Å². The molecule has 0 unspecified atom stereocenters. The lowest BCUT2D eigenvalue weighted by atomic mass is 10.1. The third kappa shape index (κ3) is 7.11. The van der Waals surface area contributed by atoms with Crippen LogP contribution in [0.3, 0.4) is 0 Å². The Labute approximate surface area is 203 Å². The van der Waals surface area contributed by atoms with Crippen LogP contribution in [0.1, 0.15) is 35.1 Å². The number of nitrogens with one attached hydrogen (secondary N) is 1. The number of likely N-dealkylation sites (tertiary alicyclic amines) is 1. The van der Waals surface area contributed by atoms with Gasteiger partial charge in [-0.2, -0.15) is 13.2 Å². The third-order valence-electron chi connectivity index (χ3n) is 5.29. The van der Waals surface area contributed by atoms with Crippen LogP contribution in [0, 0.1) is 0 Å². The molecule has 9 heteroatoms. The number of guanidine groups is 1. The summed E-state index contributed by atoms with van der Waals surface area (Å²) in [4.78, 5) is 19.8. The van der Waals surface area contributed by atoms with Gasteiger partial charge in [-0.3, -0.25) is 9.79 Å². The zero-order valence-corrected chi connectivity index (χ0v) is 20.5. The maximum Gasteiger partial charge on any atom is 0.416 e. The van der Waals surface area contributed by atoms with Crippen LogP contribution in [0.25, 0.3) is 0 Å². The minimum atomic E-state index is -4.33. The normalized spacial score (nSPS) is 14.3. The predicted octanol–water partition coefficient (Wildman–Crippen LogP) is 4.65. The molecule has 0 atom stereocenters. The van der Waals surface area contributed by atoms with E-state index < -0.39 is 11.7 Å². The maximum atomic E-state index is 12.7. The Morgan fingerprint density at radius 2 is 1.66 bits per heavy atom. The molecule has 0 spiro atoms. The molecule has 1 amide bonds. The number of hydrogen-bond acceptors (Lipinski definition) is 2. The average molecular weight is 560 g/mol. The van der Waals surface area contributed by atoms with Gasteiger partial charge in [-0.15, -0.1) is 24.0 Å². The number of rotatable bonds is 6. The highest BCUT2D eigenvalue weighted by molar-refractivity contribution is 14.0. The number of nitrogens with zero attached hydrogens (tertiary/aromatic N) is 3. The van der Waals surface area contributed by atoms with Crippen LogP contribution in [-0.2, 0) is 30.6 Å². The summed E-state index contributed by atoms with van der Waals surface area (Å²) in [5.41, 5.74) is 2.28. The summed E-state index contributed by atoms with van der Waals surface area (Å²) in [5.74, 6) is 0.859. The van der Waals surface area contributed by atoms with E-state index in [1.165, 1.54) is 12.1 Å². The highest BCUT2D eigenvalue weighted by Crippen LogP contribution is 2.29. The lowest BCUT2D eigenvalue weighted by Gasteiger charge is -2.22. The fraction of sp³-hybridized carbons (Fsp3) is 0.391. The van der Waals surface area contributed by atoms with Crippen LogP contribution in [-0.4, -0.2) is 42.3 Å². The Bertz CT molecular complexity index is 914. The van der Waals surface area contributed by atoms with E-state index in [1.54, 1.807) is 7.05 Å².